The maximum absolute atomic E-state index is 10.2. The predicted octanol–water partition coefficient (Wildman–Crippen LogP) is -16.6. The molecule has 74 valence electrons. The summed E-state index contributed by atoms with van der Waals surface area (Å²) >= 11 is 0. The van der Waals surface area contributed by atoms with Crippen LogP contribution in [0.3, 0.4) is 0 Å². The fraction of sp³-hybridized carbons (Fsp3) is 1.00. The van der Waals surface area contributed by atoms with E-state index in [1.165, 1.54) is 0 Å². The van der Waals surface area contributed by atoms with Gasteiger partial charge in [-0.2, -0.15) is 0 Å². The first-order valence-corrected chi connectivity index (χ1v) is 5.68. The van der Waals surface area contributed by atoms with Crippen LogP contribution >= 0.6 is 15.2 Å². The van der Waals surface area contributed by atoms with Crippen molar-refractivity contribution in [2.75, 3.05) is 6.54 Å². The van der Waals surface area contributed by atoms with Crippen LogP contribution in [0.1, 0.15) is 0 Å². The van der Waals surface area contributed by atoms with Crippen molar-refractivity contribution < 1.29 is 147 Å². The number of hydrogen-bond acceptors (Lipinski definition) is 8. The standard InChI is InChI=1S/C2H10N2O6P2.4Na/c3-1-2(4,11(5,6)7)12(8,9)10;;;;/h1,3-4H2,(H2,5,6,7)(H2,8,9,10);;;;/q;4*+1/p-4. The van der Waals surface area contributed by atoms with E-state index in [1.54, 1.807) is 0 Å². The molecule has 0 aliphatic rings. The first-order chi connectivity index (χ1) is 5.06. The molecule has 0 radical (unpaired) electrons. The van der Waals surface area contributed by atoms with Crippen LogP contribution in [0.15, 0.2) is 0 Å². The average molecular weight is 308 g/mol. The molecular formula is C2H6N2Na4O6P2. The number of nitrogens with two attached hydrogens (primary N) is 2. The third-order valence-corrected chi connectivity index (χ3v) is 4.98. The second-order valence-electron chi connectivity index (χ2n) is 2.08. The Kier molecular flexibility index (Phi) is 23.8. The second-order valence-corrected chi connectivity index (χ2v) is 6.02. The van der Waals surface area contributed by atoms with E-state index in [4.69, 9.17) is 0 Å². The molecule has 0 amide bonds. The zero-order valence-electron chi connectivity index (χ0n) is 9.71. The van der Waals surface area contributed by atoms with Crippen molar-refractivity contribution in [3.63, 3.8) is 0 Å². The van der Waals surface area contributed by atoms with Gasteiger partial charge in [-0.05, 0) is 15.2 Å². The van der Waals surface area contributed by atoms with Gasteiger partial charge >= 0.3 is 118 Å². The monoisotopic (exact) mass is 308 g/mol. The van der Waals surface area contributed by atoms with Crippen molar-refractivity contribution in [3.8, 4) is 0 Å². The molecule has 4 N–H and O–H groups in total. The largest absolute Gasteiger partial charge is 1.00 e. The molecule has 16 heavy (non-hydrogen) atoms. The van der Waals surface area contributed by atoms with E-state index in [-0.39, 0.29) is 118 Å². The quantitative estimate of drug-likeness (QED) is 0.381. The van der Waals surface area contributed by atoms with Crippen molar-refractivity contribution >= 4 is 15.2 Å². The van der Waals surface area contributed by atoms with Crippen LogP contribution in [0.25, 0.3) is 0 Å². The van der Waals surface area contributed by atoms with Crippen LogP contribution in [0.5, 0.6) is 0 Å². The van der Waals surface area contributed by atoms with Crippen molar-refractivity contribution in [1.29, 1.82) is 0 Å². The molecule has 0 aromatic carbocycles. The first-order valence-electron chi connectivity index (χ1n) is 2.59. The van der Waals surface area contributed by atoms with Gasteiger partial charge in [-0.3, -0.25) is 0 Å². The Morgan fingerprint density at radius 2 is 1.06 bits per heavy atom. The van der Waals surface area contributed by atoms with Gasteiger partial charge in [-0.25, -0.2) is 0 Å². The van der Waals surface area contributed by atoms with Crippen LogP contribution in [-0.4, -0.2) is 11.6 Å². The minimum absolute atomic E-state index is 0. The Labute approximate surface area is 182 Å². The van der Waals surface area contributed by atoms with Crippen molar-refractivity contribution in [3.05, 3.63) is 0 Å². The average Bonchev–Trinajstić information content (AvgIpc) is 1.81. The summed E-state index contributed by atoms with van der Waals surface area (Å²) in [6.07, 6.45) is 0. The molecule has 0 aliphatic carbocycles. The smallest absolute Gasteiger partial charge is 0.809 e. The second kappa shape index (κ2) is 11.8. The molecule has 0 aliphatic heterocycles. The summed E-state index contributed by atoms with van der Waals surface area (Å²) in [4.78, 5) is 40.9. The molecule has 0 spiro atoms. The summed E-state index contributed by atoms with van der Waals surface area (Å²) in [5, 5.41) is -3.42. The van der Waals surface area contributed by atoms with Gasteiger partial charge in [0.1, 0.15) is 0 Å². The van der Waals surface area contributed by atoms with Gasteiger partial charge in [0.05, 0.1) is 5.02 Å². The molecular weight excluding hydrogens is 302 g/mol. The molecule has 0 aromatic heterocycles. The van der Waals surface area contributed by atoms with Crippen LogP contribution < -0.4 is 149 Å². The summed E-state index contributed by atoms with van der Waals surface area (Å²) in [6, 6.07) is 0. The molecule has 0 aromatic rings. The Hall–Kier alpha value is 4.22. The molecule has 0 saturated carbocycles. The summed E-state index contributed by atoms with van der Waals surface area (Å²) in [6.45, 7) is -1.25. The van der Waals surface area contributed by atoms with Gasteiger partial charge in [0, 0.05) is 6.54 Å². The van der Waals surface area contributed by atoms with E-state index in [0.29, 0.717) is 0 Å². The third-order valence-electron chi connectivity index (χ3n) is 1.25. The van der Waals surface area contributed by atoms with Gasteiger partial charge in [-0.1, -0.05) is 0 Å². The normalized spacial score (nSPS) is 11.1. The van der Waals surface area contributed by atoms with Crippen molar-refractivity contribution in [2.45, 2.75) is 5.02 Å². The molecule has 0 unspecified atom stereocenters. The van der Waals surface area contributed by atoms with Crippen molar-refractivity contribution in [2.24, 2.45) is 11.5 Å². The Morgan fingerprint density at radius 1 is 0.875 bits per heavy atom. The van der Waals surface area contributed by atoms with E-state index >= 15 is 0 Å². The third kappa shape index (κ3) is 8.49. The van der Waals surface area contributed by atoms with Gasteiger partial charge < -0.3 is 40.2 Å². The minimum atomic E-state index is -5.74. The fourth-order valence-electron chi connectivity index (χ4n) is 0.374. The van der Waals surface area contributed by atoms with Crippen LogP contribution in [0, 0.1) is 0 Å². The Bertz CT molecular complexity index is 243. The molecule has 0 bridgehead atoms. The number of hydrogen-bond donors (Lipinski definition) is 2. The zero-order chi connectivity index (χ0) is 10.2. The molecule has 8 nitrogen and oxygen atoms in total. The van der Waals surface area contributed by atoms with E-state index < -0.39 is 26.8 Å². The molecule has 0 saturated heterocycles. The van der Waals surface area contributed by atoms with Gasteiger partial charge in [0.25, 0.3) is 0 Å². The van der Waals surface area contributed by atoms with Crippen LogP contribution in [-0.2, 0) is 9.13 Å². The summed E-state index contributed by atoms with van der Waals surface area (Å²) < 4.78 is 20.5. The SMILES string of the molecule is NCC(N)(P(=O)([O-])[O-])P(=O)([O-])[O-].[Na+].[Na+].[Na+].[Na+]. The maximum Gasteiger partial charge on any atom is 1.00 e. The van der Waals surface area contributed by atoms with Gasteiger partial charge in [-0.15, -0.1) is 0 Å². The van der Waals surface area contributed by atoms with E-state index in [2.05, 4.69) is 11.5 Å². The van der Waals surface area contributed by atoms with E-state index in [9.17, 15) is 28.7 Å². The molecule has 0 fully saturated rings. The molecule has 0 rings (SSSR count). The molecule has 0 atom stereocenters. The van der Waals surface area contributed by atoms with Crippen LogP contribution in [0.2, 0.25) is 0 Å². The maximum atomic E-state index is 10.2. The Morgan fingerprint density at radius 3 is 1.06 bits per heavy atom. The van der Waals surface area contributed by atoms with Gasteiger partial charge in [0.2, 0.25) is 0 Å². The van der Waals surface area contributed by atoms with E-state index in [0.717, 1.165) is 0 Å². The number of rotatable bonds is 3. The summed E-state index contributed by atoms with van der Waals surface area (Å²) in [5.41, 5.74) is 9.16. The zero-order valence-corrected chi connectivity index (χ0v) is 19.5. The summed E-state index contributed by atoms with van der Waals surface area (Å²) in [5.74, 6) is 0. The first kappa shape index (κ1) is 32.2. The van der Waals surface area contributed by atoms with Gasteiger partial charge in [0.15, 0.2) is 0 Å². The van der Waals surface area contributed by atoms with Crippen molar-refractivity contribution in [1.82, 2.24) is 0 Å². The topological polar surface area (TPSA) is 178 Å². The Balaban J connectivity index is -0.000000101. The minimum Gasteiger partial charge on any atom is -0.809 e. The predicted molar refractivity (Wildman–Crippen MR) is 31.2 cm³/mol. The van der Waals surface area contributed by atoms with E-state index in [1.807, 2.05) is 0 Å². The molecule has 14 heteroatoms. The summed E-state index contributed by atoms with van der Waals surface area (Å²) in [7, 11) is -11.5. The molecule has 0 heterocycles. The van der Waals surface area contributed by atoms with Crippen LogP contribution in [0.4, 0.5) is 0 Å². The fourth-order valence-corrected chi connectivity index (χ4v) is 2.02.